The average molecular weight is 291 g/mol. The number of carbonyl (C=O) groups excluding carboxylic acids is 1. The molecule has 0 aromatic rings. The minimum Gasteiger partial charge on any atom is -0.550 e. The molecular weight excluding hydrogens is 258 g/mol. The third kappa shape index (κ3) is 12.4. The molecule has 0 aliphatic rings. The van der Waals surface area contributed by atoms with Crippen molar-refractivity contribution in [1.82, 2.24) is 0 Å². The zero-order valence-electron chi connectivity index (χ0n) is 13.9. The minimum atomic E-state index is -1.08. The number of carbonyl (C=O) groups is 1. The molecule has 0 aliphatic heterocycles. The van der Waals surface area contributed by atoms with E-state index in [0.29, 0.717) is 19.8 Å². The van der Waals surface area contributed by atoms with E-state index < -0.39 is 5.97 Å². The monoisotopic (exact) mass is 291 g/mol. The van der Waals surface area contributed by atoms with Crippen LogP contribution in [0.3, 0.4) is 0 Å². The van der Waals surface area contributed by atoms with E-state index in [0.717, 1.165) is 0 Å². The van der Waals surface area contributed by atoms with Gasteiger partial charge in [-0.15, -0.1) is 0 Å². The van der Waals surface area contributed by atoms with Crippen molar-refractivity contribution in [3.8, 4) is 0 Å². The predicted octanol–water partition coefficient (Wildman–Crippen LogP) is 1.06. The Morgan fingerprint density at radius 1 is 0.850 bits per heavy atom. The van der Waals surface area contributed by atoms with Crippen LogP contribution in [0.25, 0.3) is 0 Å². The number of quaternary nitrogens is 1. The lowest BCUT2D eigenvalue weighted by Gasteiger charge is -2.34. The summed E-state index contributed by atoms with van der Waals surface area (Å²) in [5.41, 5.74) is 0. The van der Waals surface area contributed by atoms with Crippen LogP contribution >= 0.6 is 0 Å². The van der Waals surface area contributed by atoms with Gasteiger partial charge in [-0.1, -0.05) is 0 Å². The number of rotatable bonds is 11. The second-order valence-corrected chi connectivity index (χ2v) is 4.54. The molecule has 20 heavy (non-hydrogen) atoms. The van der Waals surface area contributed by atoms with Crippen LogP contribution in [-0.4, -0.2) is 63.1 Å². The molecule has 5 heteroatoms. The van der Waals surface area contributed by atoms with Gasteiger partial charge in [0.1, 0.15) is 0 Å². The van der Waals surface area contributed by atoms with Gasteiger partial charge in [0.05, 0.1) is 46.0 Å². The Morgan fingerprint density at radius 2 is 1.30 bits per heavy atom. The van der Waals surface area contributed by atoms with E-state index in [1.807, 2.05) is 6.92 Å². The topological polar surface area (TPSA) is 58.6 Å². The summed E-state index contributed by atoms with van der Waals surface area (Å²) in [4.78, 5) is 9.87. The van der Waals surface area contributed by atoms with Gasteiger partial charge in [-0.3, -0.25) is 0 Å². The van der Waals surface area contributed by atoms with Crippen molar-refractivity contribution in [2.45, 2.75) is 41.0 Å². The normalized spacial score (nSPS) is 10.8. The van der Waals surface area contributed by atoms with E-state index in [2.05, 4.69) is 27.7 Å². The molecule has 0 heterocycles. The lowest BCUT2D eigenvalue weighted by Crippen LogP contribution is -2.47. The van der Waals surface area contributed by atoms with Gasteiger partial charge in [-0.2, -0.15) is 0 Å². The van der Waals surface area contributed by atoms with Crippen molar-refractivity contribution in [1.29, 1.82) is 0 Å². The zero-order valence-corrected chi connectivity index (χ0v) is 13.9. The fraction of sp³-hybridized carbons (Fsp3) is 0.933. The molecule has 0 radical (unpaired) electrons. The zero-order chi connectivity index (χ0) is 15.9. The lowest BCUT2D eigenvalue weighted by atomic mass is 10.3. The van der Waals surface area contributed by atoms with E-state index in [9.17, 15) is 9.90 Å². The first kappa shape index (κ1) is 21.6. The molecule has 0 aromatic heterocycles. The number of carboxylic acid groups (broad SMARTS) is 1. The number of carboxylic acids is 1. The molecule has 0 spiro atoms. The van der Waals surface area contributed by atoms with Gasteiger partial charge in [-0.05, 0) is 34.6 Å². The quantitative estimate of drug-likeness (QED) is 0.422. The maximum atomic E-state index is 9.87. The standard InChI is InChI=1S/C8H20N.C7H14O4/c1-5-9(6-2,7-3)8-4;1-2-10-5-6-11-4-3-7(8)9/h5-8H2,1-4H3;2-6H2,1H3,(H,8,9)/q+1;/p-1. The maximum absolute atomic E-state index is 9.87. The SMILES string of the molecule is CCOCCOCCC(=O)[O-].CC[N+](CC)(CC)CC. The van der Waals surface area contributed by atoms with E-state index in [-0.39, 0.29) is 13.0 Å². The molecule has 0 atom stereocenters. The Hall–Kier alpha value is -0.650. The van der Waals surface area contributed by atoms with Crippen LogP contribution in [0.4, 0.5) is 0 Å². The van der Waals surface area contributed by atoms with Gasteiger partial charge in [-0.25, -0.2) is 0 Å². The molecule has 0 N–H and O–H groups in total. The molecule has 0 aliphatic carbocycles. The van der Waals surface area contributed by atoms with Gasteiger partial charge in [0.2, 0.25) is 0 Å². The van der Waals surface area contributed by atoms with Crippen LogP contribution in [0.15, 0.2) is 0 Å². The van der Waals surface area contributed by atoms with E-state index >= 15 is 0 Å². The number of ether oxygens (including phenoxy) is 2. The van der Waals surface area contributed by atoms with E-state index in [4.69, 9.17) is 9.47 Å². The number of aliphatic carboxylic acids is 1. The smallest absolute Gasteiger partial charge is 0.0757 e. The number of hydrogen-bond acceptors (Lipinski definition) is 4. The highest BCUT2D eigenvalue weighted by Crippen LogP contribution is 2.03. The summed E-state index contributed by atoms with van der Waals surface area (Å²) < 4.78 is 11.1. The summed E-state index contributed by atoms with van der Waals surface area (Å²) in [6, 6.07) is 0. The van der Waals surface area contributed by atoms with Crippen LogP contribution in [0.5, 0.6) is 0 Å². The number of nitrogens with zero attached hydrogens (tertiary/aromatic N) is 1. The van der Waals surface area contributed by atoms with Gasteiger partial charge in [0.15, 0.2) is 0 Å². The molecule has 0 fully saturated rings. The summed E-state index contributed by atoms with van der Waals surface area (Å²) >= 11 is 0. The third-order valence-corrected chi connectivity index (χ3v) is 3.71. The summed E-state index contributed by atoms with van der Waals surface area (Å²) in [5.74, 6) is -1.08. The maximum Gasteiger partial charge on any atom is 0.0757 e. The largest absolute Gasteiger partial charge is 0.550 e. The van der Waals surface area contributed by atoms with Crippen LogP contribution in [0.2, 0.25) is 0 Å². The first-order valence-corrected chi connectivity index (χ1v) is 7.72. The Kier molecular flexibility index (Phi) is 16.0. The molecule has 0 saturated carbocycles. The van der Waals surface area contributed by atoms with Gasteiger partial charge >= 0.3 is 0 Å². The third-order valence-electron chi connectivity index (χ3n) is 3.71. The summed E-state index contributed by atoms with van der Waals surface area (Å²) in [6.07, 6.45) is -0.0495. The lowest BCUT2D eigenvalue weighted by molar-refractivity contribution is -0.921. The van der Waals surface area contributed by atoms with Crippen molar-refractivity contribution in [2.75, 3.05) is 52.6 Å². The molecule has 0 unspecified atom stereocenters. The summed E-state index contributed by atoms with van der Waals surface area (Å²) in [6.45, 7) is 17.9. The van der Waals surface area contributed by atoms with Crippen LogP contribution < -0.4 is 5.11 Å². The Morgan fingerprint density at radius 3 is 1.60 bits per heavy atom. The van der Waals surface area contributed by atoms with Crippen molar-refractivity contribution < 1.29 is 23.9 Å². The minimum absolute atomic E-state index is 0.0495. The fourth-order valence-electron chi connectivity index (χ4n) is 1.86. The van der Waals surface area contributed by atoms with Gasteiger partial charge in [0.25, 0.3) is 0 Å². The summed E-state index contributed by atoms with van der Waals surface area (Å²) in [7, 11) is 0. The number of hydrogen-bond donors (Lipinski definition) is 0. The van der Waals surface area contributed by atoms with E-state index in [1.54, 1.807) is 0 Å². The highest BCUT2D eigenvalue weighted by atomic mass is 16.5. The Labute approximate surface area is 124 Å². The van der Waals surface area contributed by atoms with Crippen molar-refractivity contribution in [3.05, 3.63) is 0 Å². The summed E-state index contributed by atoms with van der Waals surface area (Å²) in [5, 5.41) is 9.87. The first-order chi connectivity index (χ1) is 9.51. The highest BCUT2D eigenvalue weighted by Gasteiger charge is 2.16. The fourth-order valence-corrected chi connectivity index (χ4v) is 1.86. The second-order valence-electron chi connectivity index (χ2n) is 4.54. The first-order valence-electron chi connectivity index (χ1n) is 7.72. The van der Waals surface area contributed by atoms with Gasteiger partial charge in [0, 0.05) is 19.0 Å². The van der Waals surface area contributed by atoms with Crippen LogP contribution in [0, 0.1) is 0 Å². The molecule has 0 aromatic carbocycles. The van der Waals surface area contributed by atoms with Gasteiger partial charge < -0.3 is 23.9 Å². The van der Waals surface area contributed by atoms with Crippen molar-refractivity contribution in [3.63, 3.8) is 0 Å². The Balaban J connectivity index is 0. The molecule has 0 saturated heterocycles. The molecule has 0 rings (SSSR count). The average Bonchev–Trinajstić information content (AvgIpc) is 2.46. The second kappa shape index (κ2) is 14.8. The van der Waals surface area contributed by atoms with E-state index in [1.165, 1.54) is 30.7 Å². The molecule has 0 amide bonds. The van der Waals surface area contributed by atoms with Crippen molar-refractivity contribution >= 4 is 5.97 Å². The molecular formula is C15H33NO4. The predicted molar refractivity (Wildman–Crippen MR) is 79.4 cm³/mol. The van der Waals surface area contributed by atoms with Crippen LogP contribution in [0.1, 0.15) is 41.0 Å². The van der Waals surface area contributed by atoms with Crippen LogP contribution in [-0.2, 0) is 14.3 Å². The van der Waals surface area contributed by atoms with Crippen molar-refractivity contribution in [2.24, 2.45) is 0 Å². The molecule has 122 valence electrons. The molecule has 0 bridgehead atoms. The molecule has 5 nitrogen and oxygen atoms in total. The Bertz CT molecular complexity index is 200. The highest BCUT2D eigenvalue weighted by molar-refractivity contribution is 5.64.